The fourth-order valence-corrected chi connectivity index (χ4v) is 2.14. The molecule has 0 aliphatic rings. The van der Waals surface area contributed by atoms with E-state index in [1.165, 1.54) is 11.1 Å². The van der Waals surface area contributed by atoms with Crippen LogP contribution in [0.5, 0.6) is 0 Å². The summed E-state index contributed by atoms with van der Waals surface area (Å²) in [6, 6.07) is 8.39. The lowest BCUT2D eigenvalue weighted by atomic mass is 10.1. The molecule has 0 unspecified atom stereocenters. The van der Waals surface area contributed by atoms with Crippen molar-refractivity contribution in [1.29, 1.82) is 0 Å². The first-order valence-corrected chi connectivity index (χ1v) is 6.45. The summed E-state index contributed by atoms with van der Waals surface area (Å²) in [5.74, 6) is 1.29. The highest BCUT2D eigenvalue weighted by Gasteiger charge is 2.10. The molecule has 0 atom stereocenters. The van der Waals surface area contributed by atoms with E-state index in [4.69, 9.17) is 11.6 Å². The van der Waals surface area contributed by atoms with E-state index in [-0.39, 0.29) is 0 Å². The molecule has 2 rings (SSSR count). The second-order valence-electron chi connectivity index (χ2n) is 4.46. The fourth-order valence-electron chi connectivity index (χ4n) is 1.91. The molecule has 19 heavy (non-hydrogen) atoms. The van der Waals surface area contributed by atoms with Gasteiger partial charge >= 0.3 is 0 Å². The van der Waals surface area contributed by atoms with Gasteiger partial charge in [-0.15, -0.1) is 0 Å². The van der Waals surface area contributed by atoms with E-state index in [9.17, 15) is 0 Å². The molecule has 1 aromatic heterocycles. The average Bonchev–Trinajstić information content (AvgIpc) is 2.39. The van der Waals surface area contributed by atoms with Gasteiger partial charge in [-0.05, 0) is 12.5 Å². The van der Waals surface area contributed by atoms with Crippen molar-refractivity contribution in [3.8, 4) is 0 Å². The zero-order chi connectivity index (χ0) is 13.8. The molecule has 0 aliphatic heterocycles. The Labute approximate surface area is 118 Å². The first-order valence-electron chi connectivity index (χ1n) is 6.07. The summed E-state index contributed by atoms with van der Waals surface area (Å²) < 4.78 is 0. The first-order chi connectivity index (χ1) is 9.10. The summed E-state index contributed by atoms with van der Waals surface area (Å²) in [6.45, 7) is 2.84. The van der Waals surface area contributed by atoms with Crippen molar-refractivity contribution in [2.45, 2.75) is 13.5 Å². The molecule has 0 aliphatic carbocycles. The van der Waals surface area contributed by atoms with Crippen LogP contribution in [-0.2, 0) is 6.54 Å². The third-order valence-electron chi connectivity index (χ3n) is 2.81. The van der Waals surface area contributed by atoms with Crippen LogP contribution in [0.3, 0.4) is 0 Å². The molecule has 0 spiro atoms. The lowest BCUT2D eigenvalue weighted by Crippen LogP contribution is -2.19. The van der Waals surface area contributed by atoms with Crippen molar-refractivity contribution in [1.82, 2.24) is 9.97 Å². The monoisotopic (exact) mass is 276 g/mol. The fraction of sp³-hybridized carbons (Fsp3) is 0.286. The van der Waals surface area contributed by atoms with E-state index in [1.807, 2.05) is 11.9 Å². The van der Waals surface area contributed by atoms with Gasteiger partial charge in [0.2, 0.25) is 5.95 Å². The van der Waals surface area contributed by atoms with Crippen LogP contribution in [0.15, 0.2) is 30.5 Å². The van der Waals surface area contributed by atoms with Gasteiger partial charge in [-0.25, -0.2) is 4.98 Å². The summed E-state index contributed by atoms with van der Waals surface area (Å²) in [4.78, 5) is 10.5. The van der Waals surface area contributed by atoms with E-state index in [0.717, 1.165) is 12.4 Å². The van der Waals surface area contributed by atoms with E-state index in [0.29, 0.717) is 11.0 Å². The van der Waals surface area contributed by atoms with Gasteiger partial charge in [0.05, 0.1) is 6.20 Å². The summed E-state index contributed by atoms with van der Waals surface area (Å²) in [7, 11) is 3.75. The second kappa shape index (κ2) is 5.89. The number of anilines is 2. The van der Waals surface area contributed by atoms with Gasteiger partial charge in [-0.2, -0.15) is 4.98 Å². The minimum atomic E-state index is 0.550. The number of hydrogen-bond donors (Lipinski definition) is 1. The quantitative estimate of drug-likeness (QED) is 0.932. The minimum absolute atomic E-state index is 0.550. The van der Waals surface area contributed by atoms with Crippen molar-refractivity contribution in [3.63, 3.8) is 0 Å². The van der Waals surface area contributed by atoms with Gasteiger partial charge in [-0.1, -0.05) is 41.4 Å². The Kier molecular flexibility index (Phi) is 4.22. The molecule has 1 N–H and O–H groups in total. The van der Waals surface area contributed by atoms with Gasteiger partial charge in [0.25, 0.3) is 0 Å². The van der Waals surface area contributed by atoms with Crippen LogP contribution in [0.4, 0.5) is 11.8 Å². The number of halogens is 1. The number of aromatic nitrogens is 2. The summed E-state index contributed by atoms with van der Waals surface area (Å²) >= 11 is 6.15. The number of nitrogens with one attached hydrogen (secondary N) is 1. The minimum Gasteiger partial charge on any atom is -0.357 e. The molecule has 0 fully saturated rings. The molecule has 0 saturated carbocycles. The lowest BCUT2D eigenvalue weighted by molar-refractivity contribution is 0.891. The van der Waals surface area contributed by atoms with E-state index >= 15 is 0 Å². The summed E-state index contributed by atoms with van der Waals surface area (Å²) in [6.07, 6.45) is 1.61. The molecule has 100 valence electrons. The zero-order valence-electron chi connectivity index (χ0n) is 11.3. The Bertz CT molecular complexity index is 571. The number of aryl methyl sites for hydroxylation is 1. The molecule has 0 amide bonds. The van der Waals surface area contributed by atoms with E-state index in [2.05, 4.69) is 46.5 Å². The Morgan fingerprint density at radius 2 is 2.16 bits per heavy atom. The summed E-state index contributed by atoms with van der Waals surface area (Å²) in [5, 5.41) is 3.47. The smallest absolute Gasteiger partial charge is 0.224 e. The van der Waals surface area contributed by atoms with Gasteiger partial charge in [0, 0.05) is 20.6 Å². The Balaban J connectivity index is 2.22. The number of rotatable bonds is 4. The van der Waals surface area contributed by atoms with E-state index < -0.39 is 0 Å². The first kappa shape index (κ1) is 13.6. The van der Waals surface area contributed by atoms with Crippen LogP contribution >= 0.6 is 11.6 Å². The molecule has 0 bridgehead atoms. The van der Waals surface area contributed by atoms with Crippen LogP contribution in [0.25, 0.3) is 0 Å². The lowest BCUT2D eigenvalue weighted by Gasteiger charge is -2.20. The van der Waals surface area contributed by atoms with Gasteiger partial charge < -0.3 is 10.2 Å². The van der Waals surface area contributed by atoms with Crippen LogP contribution in [0.2, 0.25) is 5.02 Å². The molecule has 2 aromatic rings. The zero-order valence-corrected chi connectivity index (χ0v) is 12.1. The number of benzene rings is 1. The van der Waals surface area contributed by atoms with Crippen molar-refractivity contribution in [2.75, 3.05) is 24.3 Å². The highest BCUT2D eigenvalue weighted by atomic mass is 35.5. The predicted octanol–water partition coefficient (Wildman–Crippen LogP) is 3.12. The average molecular weight is 277 g/mol. The largest absolute Gasteiger partial charge is 0.357 e. The predicted molar refractivity (Wildman–Crippen MR) is 79.9 cm³/mol. The Morgan fingerprint density at radius 3 is 2.84 bits per heavy atom. The highest BCUT2D eigenvalue weighted by molar-refractivity contribution is 6.32. The van der Waals surface area contributed by atoms with Crippen molar-refractivity contribution in [2.24, 2.45) is 0 Å². The molecule has 1 aromatic carbocycles. The summed E-state index contributed by atoms with van der Waals surface area (Å²) in [5.41, 5.74) is 2.47. The Hall–Kier alpha value is -1.81. The van der Waals surface area contributed by atoms with Gasteiger partial charge in [0.1, 0.15) is 5.02 Å². The maximum absolute atomic E-state index is 6.15. The molecule has 0 radical (unpaired) electrons. The second-order valence-corrected chi connectivity index (χ2v) is 4.87. The third kappa shape index (κ3) is 3.35. The highest BCUT2D eigenvalue weighted by Crippen LogP contribution is 2.24. The molecule has 0 saturated heterocycles. The van der Waals surface area contributed by atoms with Crippen LogP contribution in [0, 0.1) is 6.92 Å². The Morgan fingerprint density at radius 1 is 1.37 bits per heavy atom. The van der Waals surface area contributed by atoms with Crippen LogP contribution in [-0.4, -0.2) is 24.1 Å². The van der Waals surface area contributed by atoms with Gasteiger partial charge in [0.15, 0.2) is 5.82 Å². The number of nitrogens with zero attached hydrogens (tertiary/aromatic N) is 3. The number of hydrogen-bond acceptors (Lipinski definition) is 4. The van der Waals surface area contributed by atoms with Crippen molar-refractivity contribution in [3.05, 3.63) is 46.6 Å². The normalized spacial score (nSPS) is 10.3. The van der Waals surface area contributed by atoms with Crippen molar-refractivity contribution < 1.29 is 0 Å². The van der Waals surface area contributed by atoms with Crippen LogP contribution in [0.1, 0.15) is 11.1 Å². The van der Waals surface area contributed by atoms with Crippen molar-refractivity contribution >= 4 is 23.4 Å². The van der Waals surface area contributed by atoms with Gasteiger partial charge in [-0.3, -0.25) is 0 Å². The topological polar surface area (TPSA) is 41.1 Å². The standard InChI is InChI=1S/C14H17ClN4/c1-10-5-4-6-11(7-10)9-19(3)13-12(15)8-17-14(16-2)18-13/h4-8H,9H2,1-3H3,(H,16,17,18). The maximum Gasteiger partial charge on any atom is 0.224 e. The third-order valence-corrected chi connectivity index (χ3v) is 3.08. The molecular formula is C14H17ClN4. The van der Waals surface area contributed by atoms with E-state index in [1.54, 1.807) is 13.2 Å². The molecular weight excluding hydrogens is 260 g/mol. The SMILES string of the molecule is CNc1ncc(Cl)c(N(C)Cc2cccc(C)c2)n1. The maximum atomic E-state index is 6.15. The molecule has 4 nitrogen and oxygen atoms in total. The molecule has 5 heteroatoms. The molecule has 1 heterocycles. The van der Waals surface area contributed by atoms with Crippen LogP contribution < -0.4 is 10.2 Å².